The molecule has 2 fully saturated rings. The van der Waals surface area contributed by atoms with Crippen LogP contribution in [-0.4, -0.2) is 19.3 Å². The first kappa shape index (κ1) is 8.52. The zero-order valence-corrected chi connectivity index (χ0v) is 8.10. The lowest BCUT2D eigenvalue weighted by atomic mass is 9.88. The Labute approximate surface area is 74.5 Å². The molecule has 0 aromatic heterocycles. The Balaban J connectivity index is 2.09. The van der Waals surface area contributed by atoms with Crippen LogP contribution in [0.2, 0.25) is 0 Å². The lowest BCUT2D eigenvalue weighted by molar-refractivity contribution is 0.0390. The quantitative estimate of drug-likeness (QED) is 0.680. The van der Waals surface area contributed by atoms with Crippen molar-refractivity contribution >= 4 is 0 Å². The van der Waals surface area contributed by atoms with Gasteiger partial charge in [0.1, 0.15) is 0 Å². The number of rotatable bonds is 2. The van der Waals surface area contributed by atoms with Crippen LogP contribution in [0, 0.1) is 10.8 Å². The molecule has 2 aliphatic rings. The van der Waals surface area contributed by atoms with Crippen LogP contribution < -0.4 is 5.73 Å². The van der Waals surface area contributed by atoms with Gasteiger partial charge < -0.3 is 10.5 Å². The van der Waals surface area contributed by atoms with Crippen molar-refractivity contribution in [1.82, 2.24) is 0 Å². The van der Waals surface area contributed by atoms with Crippen LogP contribution in [-0.2, 0) is 4.74 Å². The molecule has 2 nitrogen and oxygen atoms in total. The van der Waals surface area contributed by atoms with Crippen molar-refractivity contribution in [3.05, 3.63) is 0 Å². The Kier molecular flexibility index (Phi) is 1.74. The standard InChI is InChI=1S/C10H19NO/c1-9(2)6-10(9,7-11)8-4-3-5-12-8/h8H,3-7,11H2,1-2H3. The molecule has 1 aliphatic carbocycles. The van der Waals surface area contributed by atoms with Gasteiger partial charge in [0.25, 0.3) is 0 Å². The largest absolute Gasteiger partial charge is 0.378 e. The van der Waals surface area contributed by atoms with Gasteiger partial charge in [-0.1, -0.05) is 13.8 Å². The normalized spacial score (nSPS) is 44.8. The maximum atomic E-state index is 5.84. The molecule has 2 unspecified atom stereocenters. The van der Waals surface area contributed by atoms with Gasteiger partial charge in [0.15, 0.2) is 0 Å². The molecular weight excluding hydrogens is 150 g/mol. The molecule has 2 atom stereocenters. The summed E-state index contributed by atoms with van der Waals surface area (Å²) in [5.41, 5.74) is 6.59. The number of nitrogens with two attached hydrogens (primary N) is 1. The van der Waals surface area contributed by atoms with Crippen LogP contribution in [0.15, 0.2) is 0 Å². The second kappa shape index (κ2) is 2.46. The predicted octanol–water partition coefficient (Wildman–Crippen LogP) is 1.54. The van der Waals surface area contributed by atoms with Gasteiger partial charge in [-0.15, -0.1) is 0 Å². The van der Waals surface area contributed by atoms with E-state index in [9.17, 15) is 0 Å². The summed E-state index contributed by atoms with van der Waals surface area (Å²) in [6.07, 6.45) is 4.15. The Bertz CT molecular complexity index is 184. The third-order valence-corrected chi connectivity index (χ3v) is 3.89. The van der Waals surface area contributed by atoms with Gasteiger partial charge in [0, 0.05) is 18.6 Å². The highest BCUT2D eigenvalue weighted by atomic mass is 16.5. The zero-order valence-electron chi connectivity index (χ0n) is 8.10. The van der Waals surface area contributed by atoms with Crippen LogP contribution in [0.3, 0.4) is 0 Å². The summed E-state index contributed by atoms with van der Waals surface area (Å²) in [7, 11) is 0. The van der Waals surface area contributed by atoms with Gasteiger partial charge in [-0.3, -0.25) is 0 Å². The van der Waals surface area contributed by atoms with Gasteiger partial charge in [0.2, 0.25) is 0 Å². The van der Waals surface area contributed by atoms with E-state index in [0.717, 1.165) is 13.2 Å². The zero-order chi connectivity index (χ0) is 8.82. The van der Waals surface area contributed by atoms with Crippen molar-refractivity contribution in [2.75, 3.05) is 13.2 Å². The van der Waals surface area contributed by atoms with E-state index in [1.54, 1.807) is 0 Å². The van der Waals surface area contributed by atoms with Crippen LogP contribution in [0.4, 0.5) is 0 Å². The Morgan fingerprint density at radius 1 is 1.50 bits per heavy atom. The molecule has 12 heavy (non-hydrogen) atoms. The molecule has 0 radical (unpaired) electrons. The predicted molar refractivity (Wildman–Crippen MR) is 48.9 cm³/mol. The van der Waals surface area contributed by atoms with Gasteiger partial charge in [-0.05, 0) is 24.7 Å². The number of hydrogen-bond acceptors (Lipinski definition) is 2. The van der Waals surface area contributed by atoms with E-state index in [1.165, 1.54) is 19.3 Å². The van der Waals surface area contributed by atoms with Gasteiger partial charge >= 0.3 is 0 Å². The fraction of sp³-hybridized carbons (Fsp3) is 1.00. The summed E-state index contributed by atoms with van der Waals surface area (Å²) in [6.45, 7) is 6.36. The van der Waals surface area contributed by atoms with Crippen molar-refractivity contribution in [1.29, 1.82) is 0 Å². The van der Waals surface area contributed by atoms with Gasteiger partial charge in [0.05, 0.1) is 6.10 Å². The molecule has 1 saturated carbocycles. The Hall–Kier alpha value is -0.0800. The Morgan fingerprint density at radius 2 is 2.17 bits per heavy atom. The molecule has 0 aromatic carbocycles. The molecule has 0 aromatic rings. The summed E-state index contributed by atoms with van der Waals surface area (Å²) in [6, 6.07) is 0. The number of hydrogen-bond donors (Lipinski definition) is 1. The van der Waals surface area contributed by atoms with E-state index in [0.29, 0.717) is 16.9 Å². The Morgan fingerprint density at radius 3 is 2.50 bits per heavy atom. The molecular formula is C10H19NO. The smallest absolute Gasteiger partial charge is 0.0649 e. The molecule has 70 valence electrons. The first-order valence-corrected chi connectivity index (χ1v) is 4.94. The third-order valence-electron chi connectivity index (χ3n) is 3.89. The summed E-state index contributed by atoms with van der Waals surface area (Å²) >= 11 is 0. The van der Waals surface area contributed by atoms with Gasteiger partial charge in [-0.2, -0.15) is 0 Å². The van der Waals surface area contributed by atoms with Crippen molar-refractivity contribution in [2.24, 2.45) is 16.6 Å². The summed E-state index contributed by atoms with van der Waals surface area (Å²) < 4.78 is 5.73. The van der Waals surface area contributed by atoms with Crippen LogP contribution in [0.1, 0.15) is 33.1 Å². The molecule has 1 saturated heterocycles. The molecule has 0 bridgehead atoms. The van der Waals surface area contributed by atoms with Crippen molar-refractivity contribution in [3.63, 3.8) is 0 Å². The molecule has 0 amide bonds. The minimum absolute atomic E-state index is 0.323. The average Bonchev–Trinajstić information content (AvgIpc) is 2.52. The maximum Gasteiger partial charge on any atom is 0.0649 e. The van der Waals surface area contributed by atoms with E-state index >= 15 is 0 Å². The minimum atomic E-state index is 0.323. The van der Waals surface area contributed by atoms with Crippen LogP contribution >= 0.6 is 0 Å². The van der Waals surface area contributed by atoms with Gasteiger partial charge in [-0.25, -0.2) is 0 Å². The first-order chi connectivity index (χ1) is 5.62. The van der Waals surface area contributed by atoms with E-state index in [-0.39, 0.29) is 0 Å². The number of ether oxygens (including phenoxy) is 1. The summed E-state index contributed by atoms with van der Waals surface area (Å²) in [5.74, 6) is 0. The van der Waals surface area contributed by atoms with Crippen molar-refractivity contribution < 1.29 is 4.74 Å². The second-order valence-electron chi connectivity index (χ2n) is 4.92. The fourth-order valence-corrected chi connectivity index (χ4v) is 2.79. The topological polar surface area (TPSA) is 35.2 Å². The third kappa shape index (κ3) is 0.944. The summed E-state index contributed by atoms with van der Waals surface area (Å²) in [5, 5.41) is 0. The highest BCUT2D eigenvalue weighted by Crippen LogP contribution is 2.66. The molecule has 0 spiro atoms. The molecule has 2 heteroatoms. The monoisotopic (exact) mass is 169 g/mol. The maximum absolute atomic E-state index is 5.84. The van der Waals surface area contributed by atoms with Crippen molar-refractivity contribution in [2.45, 2.75) is 39.2 Å². The second-order valence-corrected chi connectivity index (χ2v) is 4.92. The minimum Gasteiger partial charge on any atom is -0.378 e. The molecule has 1 aliphatic heterocycles. The lowest BCUT2D eigenvalue weighted by Gasteiger charge is -2.24. The van der Waals surface area contributed by atoms with E-state index in [2.05, 4.69) is 13.8 Å². The van der Waals surface area contributed by atoms with Crippen LogP contribution in [0.25, 0.3) is 0 Å². The molecule has 2 N–H and O–H groups in total. The SMILES string of the molecule is CC1(C)CC1(CN)C1CCCO1. The van der Waals surface area contributed by atoms with E-state index in [1.807, 2.05) is 0 Å². The molecule has 2 rings (SSSR count). The highest BCUT2D eigenvalue weighted by molar-refractivity contribution is 5.14. The van der Waals surface area contributed by atoms with Crippen molar-refractivity contribution in [3.8, 4) is 0 Å². The first-order valence-electron chi connectivity index (χ1n) is 4.94. The van der Waals surface area contributed by atoms with E-state index in [4.69, 9.17) is 10.5 Å². The molecule has 1 heterocycles. The summed E-state index contributed by atoms with van der Waals surface area (Å²) in [4.78, 5) is 0. The highest BCUT2D eigenvalue weighted by Gasteiger charge is 2.64. The van der Waals surface area contributed by atoms with E-state index < -0.39 is 0 Å². The lowest BCUT2D eigenvalue weighted by Crippen LogP contribution is -2.33. The average molecular weight is 169 g/mol. The fourth-order valence-electron chi connectivity index (χ4n) is 2.79. The van der Waals surface area contributed by atoms with Crippen LogP contribution in [0.5, 0.6) is 0 Å².